The molecule has 0 radical (unpaired) electrons. The van der Waals surface area contributed by atoms with Gasteiger partial charge in [-0.2, -0.15) is 0 Å². The molecule has 4 aliphatic heterocycles. The molecule has 1 N–H and O–H groups in total. The Morgan fingerprint density at radius 1 is 1.16 bits per heavy atom. The highest BCUT2D eigenvalue weighted by atomic mass is 32.2. The quantitative estimate of drug-likeness (QED) is 0.454. The minimum absolute atomic E-state index is 0.0133. The van der Waals surface area contributed by atoms with E-state index in [0.29, 0.717) is 19.7 Å². The Hall–Kier alpha value is -2.58. The lowest BCUT2D eigenvalue weighted by Crippen LogP contribution is -2.57. The van der Waals surface area contributed by atoms with Gasteiger partial charge in [0.25, 0.3) is 0 Å². The van der Waals surface area contributed by atoms with Gasteiger partial charge >= 0.3 is 5.97 Å². The highest BCUT2D eigenvalue weighted by molar-refractivity contribution is 8.02. The standard InChI is InChI=1S/C29H36N2O5S/c1-3-19(2)21(18-32)31-25-27(34)30(17-20-11-6-4-7-12-20)15-10-14-29(25)24(26(31)33)23-22(37-29)13-8-5-9-16-36-28(23)35/h4,6-8,10-14,19,21-25,32H,3,5,9,15-18H2,1-2H3/b13-8-/t19-,21-,22+,23-,24-,25?,29-/m0/s1. The number of benzene rings is 1. The van der Waals surface area contributed by atoms with Gasteiger partial charge in [-0.1, -0.05) is 74.9 Å². The van der Waals surface area contributed by atoms with E-state index in [-0.39, 0.29) is 35.6 Å². The van der Waals surface area contributed by atoms with Crippen molar-refractivity contribution in [2.24, 2.45) is 17.8 Å². The van der Waals surface area contributed by atoms with Gasteiger partial charge in [0.15, 0.2) is 0 Å². The third-order valence-electron chi connectivity index (χ3n) is 8.43. The number of ether oxygens (including phenoxy) is 1. The van der Waals surface area contributed by atoms with Crippen LogP contribution in [0.25, 0.3) is 0 Å². The van der Waals surface area contributed by atoms with E-state index in [4.69, 9.17) is 4.74 Å². The molecule has 2 saturated heterocycles. The molecule has 0 aliphatic carbocycles. The highest BCUT2D eigenvalue weighted by Crippen LogP contribution is 2.61. The van der Waals surface area contributed by atoms with Crippen LogP contribution in [-0.2, 0) is 25.7 Å². The van der Waals surface area contributed by atoms with Crippen molar-refractivity contribution in [3.05, 3.63) is 60.2 Å². The van der Waals surface area contributed by atoms with Crippen LogP contribution in [0, 0.1) is 17.8 Å². The summed E-state index contributed by atoms with van der Waals surface area (Å²) in [4.78, 5) is 45.5. The first-order valence-electron chi connectivity index (χ1n) is 13.4. The molecule has 1 aromatic carbocycles. The van der Waals surface area contributed by atoms with Crippen molar-refractivity contribution in [2.75, 3.05) is 19.8 Å². The Balaban J connectivity index is 1.61. The summed E-state index contributed by atoms with van der Waals surface area (Å²) >= 11 is 1.55. The Morgan fingerprint density at radius 2 is 1.95 bits per heavy atom. The zero-order valence-electron chi connectivity index (χ0n) is 21.5. The molecule has 198 valence electrons. The highest BCUT2D eigenvalue weighted by Gasteiger charge is 2.71. The van der Waals surface area contributed by atoms with E-state index in [0.717, 1.165) is 24.8 Å². The Labute approximate surface area is 222 Å². The Kier molecular flexibility index (Phi) is 7.50. The van der Waals surface area contributed by atoms with Crippen molar-refractivity contribution in [2.45, 2.75) is 61.7 Å². The Morgan fingerprint density at radius 3 is 2.68 bits per heavy atom. The number of nitrogens with zero attached hydrogens (tertiary/aromatic N) is 2. The molecule has 1 unspecified atom stereocenters. The number of allylic oxidation sites excluding steroid dienone is 1. The monoisotopic (exact) mass is 524 g/mol. The van der Waals surface area contributed by atoms with E-state index >= 15 is 0 Å². The molecule has 4 aliphatic rings. The van der Waals surface area contributed by atoms with Crippen molar-refractivity contribution in [3.8, 4) is 0 Å². The third-order valence-corrected chi connectivity index (χ3v) is 10.2. The van der Waals surface area contributed by atoms with E-state index in [1.54, 1.807) is 21.6 Å². The van der Waals surface area contributed by atoms with Crippen LogP contribution in [0.5, 0.6) is 0 Å². The number of esters is 1. The first-order valence-corrected chi connectivity index (χ1v) is 14.3. The number of amides is 2. The molecule has 2 fully saturated rings. The average Bonchev–Trinajstić information content (AvgIpc) is 3.32. The number of aliphatic hydroxyl groups excluding tert-OH is 1. The minimum Gasteiger partial charge on any atom is -0.465 e. The molecule has 0 aromatic heterocycles. The van der Waals surface area contributed by atoms with Crippen LogP contribution < -0.4 is 0 Å². The van der Waals surface area contributed by atoms with Gasteiger partial charge in [0.05, 0.1) is 35.8 Å². The zero-order valence-corrected chi connectivity index (χ0v) is 22.3. The van der Waals surface area contributed by atoms with Crippen molar-refractivity contribution in [1.82, 2.24) is 9.80 Å². The summed E-state index contributed by atoms with van der Waals surface area (Å²) in [5, 5.41) is 10.2. The number of carbonyl (C=O) groups is 3. The largest absolute Gasteiger partial charge is 0.465 e. The molecular formula is C29H36N2O5S. The summed E-state index contributed by atoms with van der Waals surface area (Å²) in [6.07, 6.45) is 10.4. The fraction of sp³-hybridized carbons (Fsp3) is 0.552. The van der Waals surface area contributed by atoms with Crippen LogP contribution in [0.2, 0.25) is 0 Å². The number of aliphatic hydroxyl groups is 1. The normalized spacial score (nSPS) is 33.9. The number of rotatable bonds is 6. The van der Waals surface area contributed by atoms with Crippen LogP contribution in [0.1, 0.15) is 38.7 Å². The molecule has 37 heavy (non-hydrogen) atoms. The molecule has 5 rings (SSSR count). The molecular weight excluding hydrogens is 488 g/mol. The van der Waals surface area contributed by atoms with E-state index in [1.165, 1.54) is 0 Å². The number of fused-ring (bicyclic) bond motifs is 2. The van der Waals surface area contributed by atoms with Gasteiger partial charge in [0.1, 0.15) is 6.04 Å². The minimum atomic E-state index is -0.904. The predicted molar refractivity (Wildman–Crippen MR) is 142 cm³/mol. The number of thioether (sulfide) groups is 1. The first kappa shape index (κ1) is 26.0. The van der Waals surface area contributed by atoms with Crippen LogP contribution in [-0.4, -0.2) is 74.5 Å². The first-order chi connectivity index (χ1) is 17.9. The lowest BCUT2D eigenvalue weighted by molar-refractivity contribution is -0.154. The summed E-state index contributed by atoms with van der Waals surface area (Å²) in [5.41, 5.74) is 1.01. The van der Waals surface area contributed by atoms with Crippen molar-refractivity contribution in [3.63, 3.8) is 0 Å². The maximum Gasteiger partial charge on any atom is 0.311 e. The molecule has 0 saturated carbocycles. The van der Waals surface area contributed by atoms with Gasteiger partial charge in [-0.25, -0.2) is 0 Å². The van der Waals surface area contributed by atoms with Crippen LogP contribution >= 0.6 is 11.8 Å². The molecule has 2 amide bonds. The van der Waals surface area contributed by atoms with Gasteiger partial charge in [0, 0.05) is 18.3 Å². The zero-order chi connectivity index (χ0) is 26.2. The number of likely N-dealkylation sites (tertiary alicyclic amines) is 1. The number of cyclic esters (lactones) is 1. The van der Waals surface area contributed by atoms with Gasteiger partial charge in [0.2, 0.25) is 11.8 Å². The number of hydrogen-bond donors (Lipinski definition) is 1. The number of hydrogen-bond acceptors (Lipinski definition) is 6. The fourth-order valence-electron chi connectivity index (χ4n) is 6.36. The smallest absolute Gasteiger partial charge is 0.311 e. The summed E-state index contributed by atoms with van der Waals surface area (Å²) in [6, 6.07) is 8.50. The summed E-state index contributed by atoms with van der Waals surface area (Å²) in [6.45, 7) is 4.95. The van der Waals surface area contributed by atoms with Gasteiger partial charge in [-0.3, -0.25) is 14.4 Å². The molecule has 0 bridgehead atoms. The van der Waals surface area contributed by atoms with E-state index < -0.39 is 28.7 Å². The average molecular weight is 525 g/mol. The fourth-order valence-corrected chi connectivity index (χ4v) is 8.35. The molecule has 7 atom stereocenters. The van der Waals surface area contributed by atoms with Crippen LogP contribution in [0.4, 0.5) is 0 Å². The molecule has 7 nitrogen and oxygen atoms in total. The van der Waals surface area contributed by atoms with Gasteiger partial charge < -0.3 is 19.6 Å². The summed E-state index contributed by atoms with van der Waals surface area (Å²) in [7, 11) is 0. The van der Waals surface area contributed by atoms with E-state index in [1.807, 2.05) is 62.4 Å². The molecule has 1 aromatic rings. The third kappa shape index (κ3) is 4.42. The maximum absolute atomic E-state index is 14.4. The van der Waals surface area contributed by atoms with Crippen LogP contribution in [0.15, 0.2) is 54.6 Å². The van der Waals surface area contributed by atoms with E-state index in [2.05, 4.69) is 6.08 Å². The van der Waals surface area contributed by atoms with Crippen LogP contribution in [0.3, 0.4) is 0 Å². The molecule has 4 heterocycles. The maximum atomic E-state index is 14.4. The molecule has 1 spiro atoms. The second kappa shape index (κ2) is 10.7. The predicted octanol–water partition coefficient (Wildman–Crippen LogP) is 3.18. The second-order valence-corrected chi connectivity index (χ2v) is 12.1. The van der Waals surface area contributed by atoms with Crippen molar-refractivity contribution in [1.29, 1.82) is 0 Å². The van der Waals surface area contributed by atoms with Gasteiger partial charge in [-0.05, 0) is 24.3 Å². The molecule has 8 heteroatoms. The van der Waals surface area contributed by atoms with E-state index in [9.17, 15) is 19.5 Å². The number of carbonyl (C=O) groups excluding carboxylic acids is 3. The van der Waals surface area contributed by atoms with Gasteiger partial charge in [-0.15, -0.1) is 11.8 Å². The SMILES string of the molecule is CC[C@H](C)[C@H](CO)N1C(=O)[C@@H]2[C@H]3C(=O)OCCC/C=C\[C@H]3S[C@@]23C=CCN(Cc2ccccc2)C(=O)C13. The lowest BCUT2D eigenvalue weighted by atomic mass is 9.78. The van der Waals surface area contributed by atoms with Crippen molar-refractivity contribution >= 4 is 29.5 Å². The summed E-state index contributed by atoms with van der Waals surface area (Å²) < 4.78 is 4.72. The Bertz CT molecular complexity index is 1090. The summed E-state index contributed by atoms with van der Waals surface area (Å²) in [5.74, 6) is -2.14. The van der Waals surface area contributed by atoms with Crippen molar-refractivity contribution < 1.29 is 24.2 Å². The topological polar surface area (TPSA) is 87.2 Å². The lowest BCUT2D eigenvalue weighted by Gasteiger charge is -2.40. The second-order valence-electron chi connectivity index (χ2n) is 10.6.